The first-order valence-electron chi connectivity index (χ1n) is 7.82. The van der Waals surface area contributed by atoms with Gasteiger partial charge in [-0.3, -0.25) is 15.0 Å². The van der Waals surface area contributed by atoms with Crippen molar-refractivity contribution in [2.24, 2.45) is 0 Å². The molecule has 0 radical (unpaired) electrons. The molecule has 134 valence electrons. The molecule has 2 heterocycles. The third-order valence-electron chi connectivity index (χ3n) is 3.85. The van der Waals surface area contributed by atoms with Crippen LogP contribution < -0.4 is 5.32 Å². The highest BCUT2D eigenvalue weighted by molar-refractivity contribution is 7.89. The summed E-state index contributed by atoms with van der Waals surface area (Å²) in [6.45, 7) is 3.77. The number of anilines is 1. The number of hydrogen-bond donors (Lipinski definition) is 1. The lowest BCUT2D eigenvalue weighted by Crippen LogP contribution is -2.50. The molecule has 0 bridgehead atoms. The summed E-state index contributed by atoms with van der Waals surface area (Å²) >= 11 is 1.32. The summed E-state index contributed by atoms with van der Waals surface area (Å²) in [5.74, 6) is -0.171. The number of amides is 1. The summed E-state index contributed by atoms with van der Waals surface area (Å²) in [5.41, 5.74) is 0. The third kappa shape index (κ3) is 4.40. The van der Waals surface area contributed by atoms with Crippen LogP contribution in [0.3, 0.4) is 0 Å². The highest BCUT2D eigenvalue weighted by Crippen LogP contribution is 2.17. The largest absolute Gasteiger partial charge is 0.299 e. The highest BCUT2D eigenvalue weighted by Gasteiger charge is 2.28. The van der Waals surface area contributed by atoms with Crippen LogP contribution in [-0.4, -0.2) is 66.5 Å². The van der Waals surface area contributed by atoms with Crippen molar-refractivity contribution in [3.05, 3.63) is 35.3 Å². The van der Waals surface area contributed by atoms with Crippen molar-refractivity contribution in [3.8, 4) is 0 Å². The Kier molecular flexibility index (Phi) is 5.42. The maximum Gasteiger partial charge on any atom is 0.243 e. The lowest BCUT2D eigenvalue weighted by Gasteiger charge is -2.33. The number of aromatic nitrogens is 2. The van der Waals surface area contributed by atoms with Crippen LogP contribution in [0.4, 0.5) is 5.13 Å². The van der Waals surface area contributed by atoms with Gasteiger partial charge in [-0.2, -0.15) is 4.31 Å². The lowest BCUT2D eigenvalue weighted by atomic mass is 10.3. The molecule has 0 atom stereocenters. The molecular weight excluding hydrogens is 362 g/mol. The number of rotatable bonds is 5. The Labute approximate surface area is 150 Å². The second kappa shape index (κ2) is 7.56. The van der Waals surface area contributed by atoms with E-state index in [-0.39, 0.29) is 12.5 Å². The van der Waals surface area contributed by atoms with E-state index in [1.165, 1.54) is 15.6 Å². The minimum Gasteiger partial charge on any atom is -0.299 e. The summed E-state index contributed by atoms with van der Waals surface area (Å²) < 4.78 is 26.6. The van der Waals surface area contributed by atoms with Crippen LogP contribution >= 0.6 is 11.3 Å². The zero-order valence-corrected chi connectivity index (χ0v) is 15.4. The maximum atomic E-state index is 12.6. The number of carbonyl (C=O) groups is 1. The molecule has 1 aromatic carbocycles. The van der Waals surface area contributed by atoms with Gasteiger partial charge < -0.3 is 0 Å². The van der Waals surface area contributed by atoms with Crippen LogP contribution in [0.5, 0.6) is 0 Å². The number of piperazine rings is 1. The van der Waals surface area contributed by atoms with Crippen molar-refractivity contribution < 1.29 is 13.2 Å². The molecule has 0 aliphatic carbocycles. The number of carbonyl (C=O) groups excluding carboxylic acids is 1. The van der Waals surface area contributed by atoms with Crippen molar-refractivity contribution in [3.63, 3.8) is 0 Å². The molecule has 1 aromatic heterocycles. The van der Waals surface area contributed by atoms with Crippen molar-refractivity contribution in [1.29, 1.82) is 0 Å². The van der Waals surface area contributed by atoms with Crippen LogP contribution in [-0.2, 0) is 14.8 Å². The van der Waals surface area contributed by atoms with E-state index in [2.05, 4.69) is 15.5 Å². The average Bonchev–Trinajstić information content (AvgIpc) is 3.01. The number of aryl methyl sites for hydroxylation is 1. The van der Waals surface area contributed by atoms with Crippen LogP contribution in [0.1, 0.15) is 5.01 Å². The topological polar surface area (TPSA) is 95.5 Å². The van der Waals surface area contributed by atoms with E-state index < -0.39 is 10.0 Å². The molecule has 1 N–H and O–H groups in total. The van der Waals surface area contributed by atoms with Gasteiger partial charge in [-0.05, 0) is 19.1 Å². The van der Waals surface area contributed by atoms with Gasteiger partial charge >= 0.3 is 0 Å². The van der Waals surface area contributed by atoms with Crippen molar-refractivity contribution in [1.82, 2.24) is 19.4 Å². The molecule has 10 heteroatoms. The molecule has 3 rings (SSSR count). The normalized spacial score (nSPS) is 16.7. The van der Waals surface area contributed by atoms with Crippen molar-refractivity contribution in [2.45, 2.75) is 11.8 Å². The average molecular weight is 381 g/mol. The molecule has 1 aliphatic heterocycles. The Hall–Kier alpha value is -1.88. The standard InChI is InChI=1S/C15H19N5O3S2/c1-12-17-18-15(24-12)16-14(21)11-19-7-9-20(10-8-19)25(22,23)13-5-3-2-4-6-13/h2-6H,7-11H2,1H3,(H,16,18,21). The van der Waals surface area contributed by atoms with E-state index in [0.717, 1.165) is 5.01 Å². The van der Waals surface area contributed by atoms with Gasteiger partial charge in [0.2, 0.25) is 21.1 Å². The summed E-state index contributed by atoms with van der Waals surface area (Å²) in [7, 11) is -3.47. The molecule has 8 nitrogen and oxygen atoms in total. The number of nitrogens with one attached hydrogen (secondary N) is 1. The number of nitrogens with zero attached hydrogens (tertiary/aromatic N) is 4. The molecule has 1 fully saturated rings. The summed E-state index contributed by atoms with van der Waals surface area (Å²) in [6, 6.07) is 8.40. The van der Waals surface area contributed by atoms with E-state index in [1.54, 1.807) is 30.3 Å². The fourth-order valence-corrected chi connectivity index (χ4v) is 4.63. The number of benzene rings is 1. The Bertz CT molecular complexity index is 830. The van der Waals surface area contributed by atoms with E-state index in [1.807, 2.05) is 11.8 Å². The van der Waals surface area contributed by atoms with E-state index in [9.17, 15) is 13.2 Å². The molecule has 1 amide bonds. The molecule has 2 aromatic rings. The SMILES string of the molecule is Cc1nnc(NC(=O)CN2CCN(S(=O)(=O)c3ccccc3)CC2)s1. The molecule has 0 saturated carbocycles. The van der Waals surface area contributed by atoms with Crippen LogP contribution in [0.2, 0.25) is 0 Å². The van der Waals surface area contributed by atoms with Gasteiger partial charge in [0.1, 0.15) is 5.01 Å². The maximum absolute atomic E-state index is 12.6. The first kappa shape index (κ1) is 17.9. The van der Waals surface area contributed by atoms with Crippen LogP contribution in [0.15, 0.2) is 35.2 Å². The number of sulfonamides is 1. The van der Waals surface area contributed by atoms with Gasteiger partial charge in [-0.1, -0.05) is 29.5 Å². The molecule has 25 heavy (non-hydrogen) atoms. The van der Waals surface area contributed by atoms with Gasteiger partial charge in [0.05, 0.1) is 11.4 Å². The minimum absolute atomic E-state index is 0.171. The first-order chi connectivity index (χ1) is 11.9. The fraction of sp³-hybridized carbons (Fsp3) is 0.400. The fourth-order valence-electron chi connectivity index (χ4n) is 2.58. The summed E-state index contributed by atoms with van der Waals surface area (Å²) in [4.78, 5) is 14.3. The Morgan fingerprint density at radius 3 is 2.44 bits per heavy atom. The molecular formula is C15H19N5O3S2. The predicted octanol–water partition coefficient (Wildman–Crippen LogP) is 0.792. The van der Waals surface area contributed by atoms with Gasteiger partial charge in [0, 0.05) is 26.2 Å². The Morgan fingerprint density at radius 2 is 1.84 bits per heavy atom. The van der Waals surface area contributed by atoms with E-state index >= 15 is 0 Å². The molecule has 1 aliphatic rings. The quantitative estimate of drug-likeness (QED) is 0.823. The van der Waals surface area contributed by atoms with Crippen LogP contribution in [0, 0.1) is 6.92 Å². The van der Waals surface area contributed by atoms with E-state index in [4.69, 9.17) is 0 Å². The zero-order valence-electron chi connectivity index (χ0n) is 13.8. The van der Waals surface area contributed by atoms with Crippen LogP contribution in [0.25, 0.3) is 0 Å². The zero-order chi connectivity index (χ0) is 17.9. The van der Waals surface area contributed by atoms with Gasteiger partial charge in [-0.25, -0.2) is 8.42 Å². The molecule has 0 spiro atoms. The molecule has 0 unspecified atom stereocenters. The van der Waals surface area contributed by atoms with E-state index in [0.29, 0.717) is 36.2 Å². The first-order valence-corrected chi connectivity index (χ1v) is 10.1. The summed E-state index contributed by atoms with van der Waals surface area (Å²) in [6.07, 6.45) is 0. The predicted molar refractivity (Wildman–Crippen MR) is 94.9 cm³/mol. The minimum atomic E-state index is -3.47. The number of hydrogen-bond acceptors (Lipinski definition) is 7. The summed E-state index contributed by atoms with van der Waals surface area (Å²) in [5, 5.41) is 11.7. The smallest absolute Gasteiger partial charge is 0.243 e. The Morgan fingerprint density at radius 1 is 1.16 bits per heavy atom. The van der Waals surface area contributed by atoms with Gasteiger partial charge in [0.25, 0.3) is 0 Å². The monoisotopic (exact) mass is 381 g/mol. The third-order valence-corrected chi connectivity index (χ3v) is 6.52. The molecule has 1 saturated heterocycles. The second-order valence-corrected chi connectivity index (χ2v) is 8.79. The highest BCUT2D eigenvalue weighted by atomic mass is 32.2. The second-order valence-electron chi connectivity index (χ2n) is 5.67. The van der Waals surface area contributed by atoms with Crippen molar-refractivity contribution in [2.75, 3.05) is 38.0 Å². The van der Waals surface area contributed by atoms with Gasteiger partial charge in [0.15, 0.2) is 0 Å². The Balaban J connectivity index is 1.52. The van der Waals surface area contributed by atoms with Crippen molar-refractivity contribution >= 4 is 32.4 Å². The lowest BCUT2D eigenvalue weighted by molar-refractivity contribution is -0.117. The van der Waals surface area contributed by atoms with Gasteiger partial charge in [-0.15, -0.1) is 10.2 Å².